The van der Waals surface area contributed by atoms with Crippen molar-refractivity contribution < 1.29 is 13.9 Å². The molecule has 0 saturated heterocycles. The summed E-state index contributed by atoms with van der Waals surface area (Å²) in [6, 6.07) is 18.9. The van der Waals surface area contributed by atoms with Gasteiger partial charge in [0.15, 0.2) is 0 Å². The molecule has 1 aliphatic rings. The van der Waals surface area contributed by atoms with Gasteiger partial charge in [0, 0.05) is 41.7 Å². The van der Waals surface area contributed by atoms with Gasteiger partial charge in [0.1, 0.15) is 11.3 Å². The molecule has 2 heterocycles. The van der Waals surface area contributed by atoms with Gasteiger partial charge in [0.2, 0.25) is 5.91 Å². The van der Waals surface area contributed by atoms with Gasteiger partial charge in [-0.15, -0.1) is 0 Å². The first-order valence-corrected chi connectivity index (χ1v) is 12.2. The van der Waals surface area contributed by atoms with Gasteiger partial charge in [0.05, 0.1) is 12.9 Å². The highest BCUT2D eigenvalue weighted by Crippen LogP contribution is 2.38. The van der Waals surface area contributed by atoms with Gasteiger partial charge >= 0.3 is 0 Å². The minimum absolute atomic E-state index is 0.0290. The fourth-order valence-electron chi connectivity index (χ4n) is 5.00. The van der Waals surface area contributed by atoms with Crippen molar-refractivity contribution >= 4 is 22.4 Å². The number of amides is 1. The van der Waals surface area contributed by atoms with Crippen LogP contribution in [0.25, 0.3) is 27.7 Å². The maximum atomic E-state index is 13.2. The molecule has 1 amide bonds. The number of carbonyl (C=O) groups is 1. The minimum atomic E-state index is 0.0290. The molecule has 0 radical (unpaired) electrons. The fraction of sp³-hybridized carbons (Fsp3) is 0.258. The number of nitrogens with zero attached hydrogens (tertiary/aromatic N) is 1. The number of hydrogen-bond acceptors (Lipinski definition) is 3. The quantitative estimate of drug-likeness (QED) is 0.295. The Bertz CT molecular complexity index is 1440. The molecule has 0 fully saturated rings. The topological polar surface area (TPSA) is 42.7 Å². The lowest BCUT2D eigenvalue weighted by Gasteiger charge is -2.28. The van der Waals surface area contributed by atoms with Crippen molar-refractivity contribution in [3.05, 3.63) is 94.8 Å². The van der Waals surface area contributed by atoms with Crippen molar-refractivity contribution in [1.82, 2.24) is 4.90 Å². The van der Waals surface area contributed by atoms with Crippen LogP contribution in [0.3, 0.4) is 0 Å². The molecule has 4 heteroatoms. The van der Waals surface area contributed by atoms with Crippen molar-refractivity contribution in [3.8, 4) is 16.9 Å². The first-order valence-electron chi connectivity index (χ1n) is 12.2. The third-order valence-electron chi connectivity index (χ3n) is 6.85. The summed E-state index contributed by atoms with van der Waals surface area (Å²) in [6.07, 6.45) is 4.45. The third kappa shape index (κ3) is 4.49. The van der Waals surface area contributed by atoms with Crippen LogP contribution in [-0.4, -0.2) is 24.0 Å². The van der Waals surface area contributed by atoms with Crippen LogP contribution in [0.1, 0.15) is 41.7 Å². The standard InChI is InChI=1S/C31H31NO3/c1-5-34-29-17-30-27(28(19-35-30)25-11-10-20(2)14-21(25)3)16-26(29)22(4)15-31(33)32-13-12-23-8-6-7-9-24(23)18-32/h6-11,14-17,19H,5,12-13,18H2,1-4H3/b22-15+. The number of rotatable bonds is 5. The molecule has 35 heavy (non-hydrogen) atoms. The fourth-order valence-corrected chi connectivity index (χ4v) is 5.00. The van der Waals surface area contributed by atoms with Crippen LogP contribution < -0.4 is 4.74 Å². The minimum Gasteiger partial charge on any atom is -0.493 e. The normalized spacial score (nSPS) is 13.7. The van der Waals surface area contributed by atoms with E-state index in [2.05, 4.69) is 56.3 Å². The second-order valence-electron chi connectivity index (χ2n) is 9.35. The molecule has 1 aliphatic heterocycles. The Labute approximate surface area is 206 Å². The first-order chi connectivity index (χ1) is 16.9. The zero-order valence-corrected chi connectivity index (χ0v) is 20.9. The second-order valence-corrected chi connectivity index (χ2v) is 9.35. The van der Waals surface area contributed by atoms with Gasteiger partial charge in [-0.25, -0.2) is 0 Å². The second kappa shape index (κ2) is 9.46. The van der Waals surface area contributed by atoms with Gasteiger partial charge in [-0.3, -0.25) is 4.79 Å². The summed E-state index contributed by atoms with van der Waals surface area (Å²) in [6.45, 7) is 10.1. The summed E-state index contributed by atoms with van der Waals surface area (Å²) in [5.74, 6) is 0.758. The van der Waals surface area contributed by atoms with E-state index in [1.54, 1.807) is 6.08 Å². The average molecular weight is 466 g/mol. The molecule has 3 aromatic carbocycles. The Morgan fingerprint density at radius 1 is 1.06 bits per heavy atom. The number of hydrogen-bond donors (Lipinski definition) is 0. The van der Waals surface area contributed by atoms with Crippen molar-refractivity contribution in [2.75, 3.05) is 13.2 Å². The van der Waals surface area contributed by atoms with Crippen molar-refractivity contribution in [1.29, 1.82) is 0 Å². The summed E-state index contributed by atoms with van der Waals surface area (Å²) in [5, 5.41) is 1.02. The zero-order valence-electron chi connectivity index (χ0n) is 20.9. The van der Waals surface area contributed by atoms with Crippen LogP contribution in [0.15, 0.2) is 71.4 Å². The van der Waals surface area contributed by atoms with E-state index in [1.807, 2.05) is 37.1 Å². The van der Waals surface area contributed by atoms with Crippen LogP contribution in [0.5, 0.6) is 5.75 Å². The summed E-state index contributed by atoms with van der Waals surface area (Å²) < 4.78 is 11.9. The number of carbonyl (C=O) groups excluding carboxylic acids is 1. The highest BCUT2D eigenvalue weighted by molar-refractivity contribution is 6.00. The van der Waals surface area contributed by atoms with Crippen LogP contribution in [0.2, 0.25) is 0 Å². The predicted molar refractivity (Wildman–Crippen MR) is 142 cm³/mol. The van der Waals surface area contributed by atoms with Gasteiger partial charge in [-0.1, -0.05) is 48.0 Å². The lowest BCUT2D eigenvalue weighted by Crippen LogP contribution is -2.34. The molecule has 4 aromatic rings. The Balaban J connectivity index is 1.52. The molecule has 0 unspecified atom stereocenters. The lowest BCUT2D eigenvalue weighted by molar-refractivity contribution is -0.126. The lowest BCUT2D eigenvalue weighted by atomic mass is 9.96. The SMILES string of the molecule is CCOc1cc2occ(-c3ccc(C)cc3C)c2cc1/C(C)=C/C(=O)N1CCc2ccccc2C1. The van der Waals surface area contributed by atoms with Gasteiger partial charge in [-0.2, -0.15) is 0 Å². The molecule has 0 saturated carbocycles. The van der Waals surface area contributed by atoms with Crippen molar-refractivity contribution in [2.24, 2.45) is 0 Å². The van der Waals surface area contributed by atoms with E-state index in [4.69, 9.17) is 9.15 Å². The van der Waals surface area contributed by atoms with Crippen LogP contribution in [0, 0.1) is 13.8 Å². The molecular formula is C31H31NO3. The Kier molecular flexibility index (Phi) is 6.21. The number of fused-ring (bicyclic) bond motifs is 2. The monoisotopic (exact) mass is 465 g/mol. The van der Waals surface area contributed by atoms with Gasteiger partial charge < -0.3 is 14.1 Å². The number of benzene rings is 3. The first kappa shape index (κ1) is 23.0. The van der Waals surface area contributed by atoms with Crippen molar-refractivity contribution in [3.63, 3.8) is 0 Å². The maximum Gasteiger partial charge on any atom is 0.247 e. The highest BCUT2D eigenvalue weighted by atomic mass is 16.5. The zero-order chi connectivity index (χ0) is 24.5. The van der Waals surface area contributed by atoms with Crippen LogP contribution >= 0.6 is 0 Å². The molecule has 0 atom stereocenters. The summed E-state index contributed by atoms with van der Waals surface area (Å²) in [5.41, 5.74) is 9.77. The molecule has 5 rings (SSSR count). The molecular weight excluding hydrogens is 434 g/mol. The average Bonchev–Trinajstić information content (AvgIpc) is 3.26. The largest absolute Gasteiger partial charge is 0.493 e. The predicted octanol–water partition coefficient (Wildman–Crippen LogP) is 7.10. The highest BCUT2D eigenvalue weighted by Gasteiger charge is 2.21. The van der Waals surface area contributed by atoms with Gasteiger partial charge in [-0.05, 0) is 68.0 Å². The Hall–Kier alpha value is -3.79. The van der Waals surface area contributed by atoms with E-state index < -0.39 is 0 Å². The van der Waals surface area contributed by atoms with E-state index in [0.717, 1.165) is 51.9 Å². The maximum absolute atomic E-state index is 13.2. The molecule has 0 bridgehead atoms. The van der Waals surface area contributed by atoms with E-state index in [0.29, 0.717) is 13.2 Å². The van der Waals surface area contributed by atoms with Crippen LogP contribution in [-0.2, 0) is 17.8 Å². The molecule has 1 aromatic heterocycles. The number of ether oxygens (including phenoxy) is 1. The van der Waals surface area contributed by atoms with E-state index in [9.17, 15) is 4.79 Å². The molecule has 0 spiro atoms. The number of furan rings is 1. The van der Waals surface area contributed by atoms with Crippen molar-refractivity contribution in [2.45, 2.75) is 40.7 Å². The summed E-state index contributed by atoms with van der Waals surface area (Å²) >= 11 is 0. The van der Waals surface area contributed by atoms with Crippen LogP contribution in [0.4, 0.5) is 0 Å². The Morgan fingerprint density at radius 3 is 2.63 bits per heavy atom. The molecule has 0 aliphatic carbocycles. The van der Waals surface area contributed by atoms with E-state index in [1.165, 1.54) is 22.3 Å². The third-order valence-corrected chi connectivity index (χ3v) is 6.85. The molecule has 4 nitrogen and oxygen atoms in total. The molecule has 0 N–H and O–H groups in total. The number of allylic oxidation sites excluding steroid dienone is 1. The van der Waals surface area contributed by atoms with E-state index in [-0.39, 0.29) is 5.91 Å². The number of aryl methyl sites for hydroxylation is 2. The smallest absolute Gasteiger partial charge is 0.247 e. The Morgan fingerprint density at radius 2 is 1.86 bits per heavy atom. The van der Waals surface area contributed by atoms with E-state index >= 15 is 0 Å². The molecule has 178 valence electrons. The van der Waals surface area contributed by atoms with Gasteiger partial charge in [0.25, 0.3) is 0 Å². The summed E-state index contributed by atoms with van der Waals surface area (Å²) in [4.78, 5) is 15.1. The summed E-state index contributed by atoms with van der Waals surface area (Å²) in [7, 11) is 0.